The summed E-state index contributed by atoms with van der Waals surface area (Å²) in [5.41, 5.74) is 8.08. The third-order valence-electron chi connectivity index (χ3n) is 3.37. The zero-order chi connectivity index (χ0) is 12.1. The van der Waals surface area contributed by atoms with Gasteiger partial charge in [0.15, 0.2) is 5.96 Å². The number of nitrogens with two attached hydrogens (primary N) is 1. The van der Waals surface area contributed by atoms with E-state index in [1.807, 2.05) is 12.1 Å². The molecule has 3 nitrogen and oxygen atoms in total. The lowest BCUT2D eigenvalue weighted by molar-refractivity contribution is 0.300. The van der Waals surface area contributed by atoms with E-state index in [-0.39, 0.29) is 0 Å². The number of hydrogen-bond acceptors (Lipinski definition) is 1. The molecule has 92 valence electrons. The minimum Gasteiger partial charge on any atom is -0.370 e. The summed E-state index contributed by atoms with van der Waals surface area (Å²) in [7, 11) is 0. The Bertz CT molecular complexity index is 377. The molecule has 1 aliphatic carbocycles. The van der Waals surface area contributed by atoms with E-state index in [0.717, 1.165) is 18.2 Å². The summed E-state index contributed by atoms with van der Waals surface area (Å²) < 4.78 is 0. The number of guanidine groups is 1. The van der Waals surface area contributed by atoms with Gasteiger partial charge in [0.25, 0.3) is 0 Å². The Balaban J connectivity index is 1.76. The van der Waals surface area contributed by atoms with Gasteiger partial charge in [0.1, 0.15) is 0 Å². The molecule has 2 rings (SSSR count). The summed E-state index contributed by atoms with van der Waals surface area (Å²) in [6.45, 7) is 2.91. The molecule has 3 N–H and O–H groups in total. The Morgan fingerprint density at radius 1 is 1.35 bits per heavy atom. The molecule has 0 amide bonds. The Morgan fingerprint density at radius 3 is 2.65 bits per heavy atom. The summed E-state index contributed by atoms with van der Waals surface area (Å²) in [4.78, 5) is 4.35. The van der Waals surface area contributed by atoms with Gasteiger partial charge in [0, 0.05) is 12.2 Å². The Morgan fingerprint density at radius 2 is 2.06 bits per heavy atom. The van der Waals surface area contributed by atoms with Crippen molar-refractivity contribution in [1.29, 1.82) is 0 Å². The zero-order valence-electron chi connectivity index (χ0n) is 10.4. The molecule has 1 saturated carbocycles. The van der Waals surface area contributed by atoms with Crippen LogP contribution in [-0.4, -0.2) is 12.5 Å². The number of aliphatic imine (C=N–C) groups is 1. The van der Waals surface area contributed by atoms with Crippen LogP contribution in [0.25, 0.3) is 0 Å². The minimum atomic E-state index is 0.521. The lowest BCUT2D eigenvalue weighted by Crippen LogP contribution is -2.23. The quantitative estimate of drug-likeness (QED) is 0.618. The molecule has 0 spiro atoms. The van der Waals surface area contributed by atoms with Gasteiger partial charge in [-0.2, -0.15) is 0 Å². The number of aryl methyl sites for hydroxylation is 1. The molecule has 0 saturated heterocycles. The van der Waals surface area contributed by atoms with Gasteiger partial charge in [0.05, 0.1) is 0 Å². The van der Waals surface area contributed by atoms with Crippen molar-refractivity contribution in [1.82, 2.24) is 0 Å². The Labute approximate surface area is 103 Å². The first kappa shape index (κ1) is 12.0. The highest BCUT2D eigenvalue weighted by Crippen LogP contribution is 2.29. The first-order valence-electron chi connectivity index (χ1n) is 6.37. The van der Waals surface area contributed by atoms with Crippen LogP contribution < -0.4 is 11.1 Å². The van der Waals surface area contributed by atoms with Crippen molar-refractivity contribution in [3.63, 3.8) is 0 Å². The van der Waals surface area contributed by atoms with Crippen LogP contribution in [0.2, 0.25) is 0 Å². The van der Waals surface area contributed by atoms with Crippen LogP contribution in [0.1, 0.15) is 31.2 Å². The molecule has 0 aromatic heterocycles. The fraction of sp³-hybridized carbons (Fsp3) is 0.500. The molecule has 0 bridgehead atoms. The molecular weight excluding hydrogens is 210 g/mol. The second-order valence-electron chi connectivity index (χ2n) is 4.84. The number of anilines is 1. The van der Waals surface area contributed by atoms with Crippen molar-refractivity contribution in [3.05, 3.63) is 29.8 Å². The predicted molar refractivity (Wildman–Crippen MR) is 73.2 cm³/mol. The molecule has 1 fully saturated rings. The van der Waals surface area contributed by atoms with Crippen LogP contribution in [0.3, 0.4) is 0 Å². The number of rotatable bonds is 4. The van der Waals surface area contributed by atoms with Crippen molar-refractivity contribution in [2.75, 3.05) is 11.9 Å². The van der Waals surface area contributed by atoms with E-state index in [1.165, 1.54) is 31.2 Å². The highest BCUT2D eigenvalue weighted by Gasteiger charge is 2.16. The van der Waals surface area contributed by atoms with Crippen molar-refractivity contribution >= 4 is 11.6 Å². The molecular formula is C14H21N3. The lowest BCUT2D eigenvalue weighted by Gasteiger charge is -2.24. The number of benzene rings is 1. The van der Waals surface area contributed by atoms with E-state index in [2.05, 4.69) is 29.4 Å². The summed E-state index contributed by atoms with van der Waals surface area (Å²) in [5, 5.41) is 3.11. The number of nitrogens with zero attached hydrogens (tertiary/aromatic N) is 1. The molecule has 0 unspecified atom stereocenters. The molecule has 1 aromatic rings. The van der Waals surface area contributed by atoms with Crippen molar-refractivity contribution < 1.29 is 0 Å². The van der Waals surface area contributed by atoms with Gasteiger partial charge in [-0.3, -0.25) is 4.99 Å². The standard InChI is InChI=1S/C14H21N3/c1-11-5-7-13(8-6-11)17-14(15)16-10-9-12-3-2-4-12/h5-8,12H,2-4,9-10H2,1H3,(H3,15,16,17). The SMILES string of the molecule is Cc1ccc(NC(N)=NCCC2CCC2)cc1. The second kappa shape index (κ2) is 5.71. The predicted octanol–water partition coefficient (Wildman–Crippen LogP) is 2.91. The van der Waals surface area contributed by atoms with Gasteiger partial charge in [-0.05, 0) is 31.4 Å². The molecule has 0 atom stereocenters. The second-order valence-corrected chi connectivity index (χ2v) is 4.84. The highest BCUT2D eigenvalue weighted by atomic mass is 15.1. The Kier molecular flexibility index (Phi) is 4.02. The molecule has 0 radical (unpaired) electrons. The van der Waals surface area contributed by atoms with Crippen molar-refractivity contribution in [3.8, 4) is 0 Å². The molecule has 1 aliphatic rings. The van der Waals surface area contributed by atoms with Crippen molar-refractivity contribution in [2.45, 2.75) is 32.6 Å². The fourth-order valence-electron chi connectivity index (χ4n) is 1.97. The average Bonchev–Trinajstić information content (AvgIpc) is 2.25. The first-order valence-corrected chi connectivity index (χ1v) is 6.37. The fourth-order valence-corrected chi connectivity index (χ4v) is 1.97. The third-order valence-corrected chi connectivity index (χ3v) is 3.37. The van der Waals surface area contributed by atoms with E-state index >= 15 is 0 Å². The van der Waals surface area contributed by atoms with Gasteiger partial charge >= 0.3 is 0 Å². The van der Waals surface area contributed by atoms with Gasteiger partial charge < -0.3 is 11.1 Å². The smallest absolute Gasteiger partial charge is 0.193 e. The van der Waals surface area contributed by atoms with Crippen LogP contribution in [0.5, 0.6) is 0 Å². The first-order chi connectivity index (χ1) is 8.24. The van der Waals surface area contributed by atoms with E-state index in [4.69, 9.17) is 5.73 Å². The van der Waals surface area contributed by atoms with E-state index < -0.39 is 0 Å². The van der Waals surface area contributed by atoms with Gasteiger partial charge in [0.2, 0.25) is 0 Å². The zero-order valence-corrected chi connectivity index (χ0v) is 10.4. The van der Waals surface area contributed by atoms with Crippen LogP contribution in [0.4, 0.5) is 5.69 Å². The highest BCUT2D eigenvalue weighted by molar-refractivity contribution is 5.92. The maximum Gasteiger partial charge on any atom is 0.193 e. The van der Waals surface area contributed by atoms with E-state index in [1.54, 1.807) is 0 Å². The molecule has 3 heteroatoms. The lowest BCUT2D eigenvalue weighted by atomic mass is 9.83. The van der Waals surface area contributed by atoms with Gasteiger partial charge in [-0.15, -0.1) is 0 Å². The van der Waals surface area contributed by atoms with Crippen molar-refractivity contribution in [2.24, 2.45) is 16.6 Å². The average molecular weight is 231 g/mol. The third kappa shape index (κ3) is 3.77. The Hall–Kier alpha value is -1.51. The molecule has 17 heavy (non-hydrogen) atoms. The summed E-state index contributed by atoms with van der Waals surface area (Å²) in [5.74, 6) is 1.42. The molecule has 0 aliphatic heterocycles. The summed E-state index contributed by atoms with van der Waals surface area (Å²) in [6, 6.07) is 8.15. The van der Waals surface area contributed by atoms with Crippen LogP contribution in [0.15, 0.2) is 29.3 Å². The van der Waals surface area contributed by atoms with E-state index in [0.29, 0.717) is 5.96 Å². The maximum absolute atomic E-state index is 5.83. The van der Waals surface area contributed by atoms with Crippen LogP contribution in [0, 0.1) is 12.8 Å². The minimum absolute atomic E-state index is 0.521. The maximum atomic E-state index is 5.83. The summed E-state index contributed by atoms with van der Waals surface area (Å²) in [6.07, 6.45) is 5.32. The normalized spacial score (nSPS) is 16.6. The largest absolute Gasteiger partial charge is 0.370 e. The number of hydrogen-bond donors (Lipinski definition) is 2. The van der Waals surface area contributed by atoms with Gasteiger partial charge in [-0.25, -0.2) is 0 Å². The van der Waals surface area contributed by atoms with Crippen LogP contribution >= 0.6 is 0 Å². The monoisotopic (exact) mass is 231 g/mol. The molecule has 1 aromatic carbocycles. The topological polar surface area (TPSA) is 50.4 Å². The van der Waals surface area contributed by atoms with E-state index in [9.17, 15) is 0 Å². The summed E-state index contributed by atoms with van der Waals surface area (Å²) >= 11 is 0. The van der Waals surface area contributed by atoms with Gasteiger partial charge in [-0.1, -0.05) is 37.0 Å². The number of nitrogens with one attached hydrogen (secondary N) is 1. The van der Waals surface area contributed by atoms with Crippen LogP contribution in [-0.2, 0) is 0 Å². The molecule has 0 heterocycles.